The molecule has 0 spiro atoms. The summed E-state index contributed by atoms with van der Waals surface area (Å²) in [5.41, 5.74) is 0. The van der Waals surface area contributed by atoms with Gasteiger partial charge in [-0.1, -0.05) is 0 Å². The van der Waals surface area contributed by atoms with Crippen molar-refractivity contribution in [1.82, 2.24) is 19.4 Å². The Labute approximate surface area is 129 Å². The van der Waals surface area contributed by atoms with E-state index < -0.39 is 6.04 Å². The van der Waals surface area contributed by atoms with Crippen molar-refractivity contribution in [2.75, 3.05) is 26.8 Å². The first-order valence-electron chi connectivity index (χ1n) is 7.70. The third kappa shape index (κ3) is 2.85. The summed E-state index contributed by atoms with van der Waals surface area (Å²) >= 11 is 0. The number of hydrogen-bond donors (Lipinski definition) is 0. The zero-order valence-electron chi connectivity index (χ0n) is 13.1. The van der Waals surface area contributed by atoms with Crippen LogP contribution >= 0.6 is 0 Å². The van der Waals surface area contributed by atoms with Crippen LogP contribution in [0.15, 0.2) is 12.4 Å². The van der Waals surface area contributed by atoms with Crippen LogP contribution < -0.4 is 0 Å². The molecule has 1 aromatic heterocycles. The summed E-state index contributed by atoms with van der Waals surface area (Å²) in [5, 5.41) is 0. The number of carbonyl (C=O) groups excluding carboxylic acids is 2. The molecule has 2 aliphatic rings. The van der Waals surface area contributed by atoms with E-state index in [1.54, 1.807) is 30.0 Å². The van der Waals surface area contributed by atoms with Gasteiger partial charge in [-0.15, -0.1) is 0 Å². The van der Waals surface area contributed by atoms with Crippen LogP contribution in [-0.4, -0.2) is 64.0 Å². The Bertz CT molecular complexity index is 567. The van der Waals surface area contributed by atoms with E-state index in [-0.39, 0.29) is 18.4 Å². The van der Waals surface area contributed by atoms with E-state index in [1.165, 1.54) is 0 Å². The molecule has 0 N–H and O–H groups in total. The maximum absolute atomic E-state index is 12.4. The predicted molar refractivity (Wildman–Crippen MR) is 79.0 cm³/mol. The summed E-state index contributed by atoms with van der Waals surface area (Å²) in [4.78, 5) is 32.4. The second kappa shape index (κ2) is 6.08. The predicted octanol–water partition coefficient (Wildman–Crippen LogP) is 0.424. The molecule has 1 saturated carbocycles. The number of rotatable bonds is 6. The minimum Gasteiger partial charge on any atom is -0.383 e. The number of carbonyl (C=O) groups is 2. The standard InChI is InChI=1S/C15H22N4O3/c1-11-15(21)17(7-8-22-2)10-14(20)19(11)9-13-16-5-6-18(13)12-3-4-12/h5-6,11-12H,3-4,7-10H2,1-2H3/t11-/m0/s1. The molecule has 0 bridgehead atoms. The number of imidazole rings is 1. The Morgan fingerprint density at radius 2 is 2.14 bits per heavy atom. The first-order chi connectivity index (χ1) is 10.6. The van der Waals surface area contributed by atoms with Gasteiger partial charge in [-0.25, -0.2) is 4.98 Å². The van der Waals surface area contributed by atoms with Crippen LogP contribution in [0.25, 0.3) is 0 Å². The molecule has 7 nitrogen and oxygen atoms in total. The molecule has 1 saturated heterocycles. The van der Waals surface area contributed by atoms with Crippen LogP contribution in [0.4, 0.5) is 0 Å². The molecule has 2 fully saturated rings. The van der Waals surface area contributed by atoms with Gasteiger partial charge in [0.15, 0.2) is 0 Å². The van der Waals surface area contributed by atoms with Gasteiger partial charge in [-0.3, -0.25) is 9.59 Å². The van der Waals surface area contributed by atoms with Crippen molar-refractivity contribution in [1.29, 1.82) is 0 Å². The van der Waals surface area contributed by atoms with Crippen LogP contribution in [0.2, 0.25) is 0 Å². The average Bonchev–Trinajstić information content (AvgIpc) is 3.25. The number of hydrogen-bond acceptors (Lipinski definition) is 4. The first-order valence-corrected chi connectivity index (χ1v) is 7.70. The Morgan fingerprint density at radius 3 is 2.82 bits per heavy atom. The minimum absolute atomic E-state index is 0.0267. The minimum atomic E-state index is -0.456. The summed E-state index contributed by atoms with van der Waals surface area (Å²) in [7, 11) is 1.59. The monoisotopic (exact) mass is 306 g/mol. The van der Waals surface area contributed by atoms with Crippen molar-refractivity contribution in [3.8, 4) is 0 Å². The van der Waals surface area contributed by atoms with Crippen LogP contribution in [0, 0.1) is 0 Å². The van der Waals surface area contributed by atoms with Gasteiger partial charge in [0, 0.05) is 32.1 Å². The molecule has 1 aromatic rings. The second-order valence-electron chi connectivity index (χ2n) is 5.93. The summed E-state index contributed by atoms with van der Waals surface area (Å²) < 4.78 is 7.12. The highest BCUT2D eigenvalue weighted by Gasteiger charge is 2.37. The lowest BCUT2D eigenvalue weighted by Crippen LogP contribution is -2.59. The van der Waals surface area contributed by atoms with Gasteiger partial charge >= 0.3 is 0 Å². The molecule has 1 atom stereocenters. The highest BCUT2D eigenvalue weighted by Crippen LogP contribution is 2.35. The number of nitrogens with zero attached hydrogens (tertiary/aromatic N) is 4. The Kier molecular flexibility index (Phi) is 4.15. The normalized spacial score (nSPS) is 22.5. The van der Waals surface area contributed by atoms with Gasteiger partial charge in [-0.05, 0) is 19.8 Å². The van der Waals surface area contributed by atoms with Gasteiger partial charge in [-0.2, -0.15) is 0 Å². The van der Waals surface area contributed by atoms with Gasteiger partial charge < -0.3 is 19.1 Å². The van der Waals surface area contributed by atoms with Crippen LogP contribution in [0.5, 0.6) is 0 Å². The quantitative estimate of drug-likeness (QED) is 0.764. The fraction of sp³-hybridized carbons (Fsp3) is 0.667. The van der Waals surface area contributed by atoms with E-state index in [4.69, 9.17) is 4.74 Å². The van der Waals surface area contributed by atoms with Crippen molar-refractivity contribution in [3.05, 3.63) is 18.2 Å². The molecular formula is C15H22N4O3. The summed E-state index contributed by atoms with van der Waals surface area (Å²) in [6.45, 7) is 3.20. The van der Waals surface area contributed by atoms with E-state index in [9.17, 15) is 9.59 Å². The molecule has 3 rings (SSSR count). The number of amides is 2. The molecule has 2 amide bonds. The molecule has 1 aliphatic carbocycles. The van der Waals surface area contributed by atoms with Crippen LogP contribution in [-0.2, 0) is 20.9 Å². The Balaban J connectivity index is 1.70. The van der Waals surface area contributed by atoms with E-state index in [1.807, 2.05) is 6.20 Å². The lowest BCUT2D eigenvalue weighted by atomic mass is 10.1. The van der Waals surface area contributed by atoms with E-state index >= 15 is 0 Å². The van der Waals surface area contributed by atoms with Gasteiger partial charge in [0.2, 0.25) is 11.8 Å². The van der Waals surface area contributed by atoms with Crippen LogP contribution in [0.1, 0.15) is 31.6 Å². The average molecular weight is 306 g/mol. The van der Waals surface area contributed by atoms with Crippen molar-refractivity contribution in [3.63, 3.8) is 0 Å². The number of ether oxygens (including phenoxy) is 1. The van der Waals surface area contributed by atoms with Gasteiger partial charge in [0.1, 0.15) is 11.9 Å². The molecule has 7 heteroatoms. The van der Waals surface area contributed by atoms with Crippen molar-refractivity contribution >= 4 is 11.8 Å². The smallest absolute Gasteiger partial charge is 0.245 e. The third-order valence-electron chi connectivity index (χ3n) is 4.35. The molecule has 0 aromatic carbocycles. The molecule has 1 aliphatic heterocycles. The number of aromatic nitrogens is 2. The molecule has 0 unspecified atom stereocenters. The van der Waals surface area contributed by atoms with Gasteiger partial charge in [0.25, 0.3) is 0 Å². The molecule has 120 valence electrons. The van der Waals surface area contributed by atoms with Crippen molar-refractivity contribution in [2.45, 2.75) is 38.4 Å². The van der Waals surface area contributed by atoms with Crippen LogP contribution in [0.3, 0.4) is 0 Å². The highest BCUT2D eigenvalue weighted by molar-refractivity contribution is 5.94. The van der Waals surface area contributed by atoms with E-state index in [2.05, 4.69) is 9.55 Å². The largest absolute Gasteiger partial charge is 0.383 e. The fourth-order valence-electron chi connectivity index (χ4n) is 2.87. The Hall–Kier alpha value is -1.89. The Morgan fingerprint density at radius 1 is 1.36 bits per heavy atom. The topological polar surface area (TPSA) is 67.7 Å². The first kappa shape index (κ1) is 15.0. The van der Waals surface area contributed by atoms with Gasteiger partial charge in [0.05, 0.1) is 19.7 Å². The summed E-state index contributed by atoms with van der Waals surface area (Å²) in [6, 6.07) is 0.0593. The zero-order valence-corrected chi connectivity index (χ0v) is 13.1. The summed E-state index contributed by atoms with van der Waals surface area (Å²) in [6.07, 6.45) is 6.05. The lowest BCUT2D eigenvalue weighted by molar-refractivity contribution is -0.156. The molecule has 22 heavy (non-hydrogen) atoms. The summed E-state index contributed by atoms with van der Waals surface area (Å²) in [5.74, 6) is 0.801. The maximum Gasteiger partial charge on any atom is 0.245 e. The third-order valence-corrected chi connectivity index (χ3v) is 4.35. The molecule has 2 heterocycles. The maximum atomic E-state index is 12.4. The number of piperazine rings is 1. The second-order valence-corrected chi connectivity index (χ2v) is 5.93. The van der Waals surface area contributed by atoms with E-state index in [0.29, 0.717) is 25.7 Å². The van der Waals surface area contributed by atoms with Crippen molar-refractivity contribution in [2.24, 2.45) is 0 Å². The fourth-order valence-corrected chi connectivity index (χ4v) is 2.87. The number of methoxy groups -OCH3 is 1. The van der Waals surface area contributed by atoms with E-state index in [0.717, 1.165) is 18.7 Å². The highest BCUT2D eigenvalue weighted by atomic mass is 16.5. The lowest BCUT2D eigenvalue weighted by Gasteiger charge is -2.38. The van der Waals surface area contributed by atoms with Crippen molar-refractivity contribution < 1.29 is 14.3 Å². The zero-order chi connectivity index (χ0) is 15.7. The SMILES string of the molecule is COCCN1CC(=O)N(Cc2nccn2C2CC2)[C@@H](C)C1=O. The molecule has 0 radical (unpaired) electrons. The molecular weight excluding hydrogens is 284 g/mol.